The van der Waals surface area contributed by atoms with E-state index in [-0.39, 0.29) is 30.2 Å². The molecule has 0 radical (unpaired) electrons. The van der Waals surface area contributed by atoms with Gasteiger partial charge in [0.25, 0.3) is 0 Å². The number of nitrogens with zero attached hydrogens (tertiary/aromatic N) is 2. The number of carbonyl (C=O) groups is 3. The summed E-state index contributed by atoms with van der Waals surface area (Å²) in [5.41, 5.74) is 0.308. The Labute approximate surface area is 194 Å². The van der Waals surface area contributed by atoms with E-state index >= 15 is 0 Å². The van der Waals surface area contributed by atoms with Crippen LogP contribution >= 0.6 is 11.3 Å². The largest absolute Gasteiger partial charge is 0.476 e. The number of carboxylic acid groups (broad SMARTS) is 1. The van der Waals surface area contributed by atoms with Crippen LogP contribution < -0.4 is 10.6 Å². The Bertz CT molecular complexity index is 698. The predicted molar refractivity (Wildman–Crippen MR) is 123 cm³/mol. The van der Waals surface area contributed by atoms with Gasteiger partial charge in [-0.1, -0.05) is 27.7 Å². The Morgan fingerprint density at radius 1 is 1.34 bits per heavy atom. The van der Waals surface area contributed by atoms with Crippen LogP contribution in [0, 0.1) is 5.41 Å². The third-order valence-corrected chi connectivity index (χ3v) is 6.00. The average molecular weight is 475 g/mol. The molecule has 0 saturated carbocycles. The Morgan fingerprint density at radius 3 is 2.47 bits per heavy atom. The molecule has 2 amide bonds. The molecule has 1 heterocycles. The van der Waals surface area contributed by atoms with E-state index in [1.54, 1.807) is 0 Å². The highest BCUT2D eigenvalue weighted by Gasteiger charge is 2.19. The molecule has 2 atom stereocenters. The number of aliphatic hydroxyl groups is 2. The lowest BCUT2D eigenvalue weighted by atomic mass is 9.90. The number of hydrogen-bond acceptors (Lipinski definition) is 8. The maximum Gasteiger partial charge on any atom is 0.355 e. The van der Waals surface area contributed by atoms with Crippen LogP contribution in [0.4, 0.5) is 0 Å². The summed E-state index contributed by atoms with van der Waals surface area (Å²) < 4.78 is 0. The van der Waals surface area contributed by atoms with E-state index in [0.29, 0.717) is 17.9 Å². The molecule has 0 spiro atoms. The van der Waals surface area contributed by atoms with Crippen molar-refractivity contribution in [1.29, 1.82) is 0 Å². The minimum atomic E-state index is -1.18. The molecule has 0 aromatic carbocycles. The van der Waals surface area contributed by atoms with Crippen molar-refractivity contribution in [3.63, 3.8) is 0 Å². The van der Waals surface area contributed by atoms with Gasteiger partial charge >= 0.3 is 5.97 Å². The first kappa shape index (κ1) is 29.9. The highest BCUT2D eigenvalue weighted by Crippen LogP contribution is 2.21. The van der Waals surface area contributed by atoms with Crippen molar-refractivity contribution in [3.8, 4) is 0 Å². The van der Waals surface area contributed by atoms with Gasteiger partial charge in [0.2, 0.25) is 12.3 Å². The number of aromatic nitrogens is 1. The first-order chi connectivity index (χ1) is 15.0. The fourth-order valence-electron chi connectivity index (χ4n) is 2.18. The van der Waals surface area contributed by atoms with Gasteiger partial charge in [0.05, 0.1) is 6.54 Å². The maximum atomic E-state index is 11.5. The molecule has 1 aromatic heterocycles. The van der Waals surface area contributed by atoms with Crippen LogP contribution in [0.25, 0.3) is 0 Å². The lowest BCUT2D eigenvalue weighted by molar-refractivity contribution is -0.135. The van der Waals surface area contributed by atoms with Crippen molar-refractivity contribution < 1.29 is 29.7 Å². The van der Waals surface area contributed by atoms with Crippen molar-refractivity contribution in [3.05, 3.63) is 16.1 Å². The third-order valence-electron chi connectivity index (χ3n) is 5.06. The molecular weight excluding hydrogens is 436 g/mol. The van der Waals surface area contributed by atoms with E-state index in [0.717, 1.165) is 22.8 Å². The van der Waals surface area contributed by atoms with E-state index in [9.17, 15) is 19.5 Å². The lowest BCUT2D eigenvalue weighted by Crippen LogP contribution is -2.39. The Kier molecular flexibility index (Phi) is 14.7. The number of amides is 2. The topological polar surface area (TPSA) is 152 Å². The van der Waals surface area contributed by atoms with Gasteiger partial charge in [-0.05, 0) is 31.6 Å². The zero-order chi connectivity index (χ0) is 24.7. The summed E-state index contributed by atoms with van der Waals surface area (Å²) in [6.45, 7) is 11.7. The Morgan fingerprint density at radius 2 is 2.00 bits per heavy atom. The molecule has 0 fully saturated rings. The van der Waals surface area contributed by atoms with Crippen LogP contribution in [0.3, 0.4) is 0 Å². The highest BCUT2D eigenvalue weighted by atomic mass is 32.1. The fourth-order valence-corrected chi connectivity index (χ4v) is 2.99. The first-order valence-corrected chi connectivity index (χ1v) is 11.5. The van der Waals surface area contributed by atoms with Crippen LogP contribution in [0.2, 0.25) is 0 Å². The van der Waals surface area contributed by atoms with E-state index < -0.39 is 24.7 Å². The molecule has 5 N–H and O–H groups in total. The molecule has 2 unspecified atom stereocenters. The molecule has 184 valence electrons. The second-order valence-corrected chi connectivity index (χ2v) is 9.08. The third kappa shape index (κ3) is 12.1. The summed E-state index contributed by atoms with van der Waals surface area (Å²) in [5.74, 6) is -1.68. The lowest BCUT2D eigenvalue weighted by Gasteiger charge is -2.25. The number of aliphatic hydroxyl groups excluding tert-OH is 2. The number of hydrogen-bond donors (Lipinski definition) is 5. The highest BCUT2D eigenvalue weighted by molar-refractivity contribution is 7.09. The van der Waals surface area contributed by atoms with Crippen molar-refractivity contribution in [2.24, 2.45) is 5.41 Å². The van der Waals surface area contributed by atoms with Crippen molar-refractivity contribution in [2.45, 2.75) is 66.0 Å². The SMILES string of the molecule is CCC(C)NCC(C)(C)CC.O=CNCC(=O)N(CO)CCC(O)c1nc(C(=O)O)cs1. The number of thiazole rings is 1. The van der Waals surface area contributed by atoms with Gasteiger partial charge in [-0.15, -0.1) is 11.3 Å². The van der Waals surface area contributed by atoms with Crippen LogP contribution in [0.5, 0.6) is 0 Å². The number of carboxylic acids is 1. The van der Waals surface area contributed by atoms with Crippen LogP contribution in [-0.4, -0.2) is 75.9 Å². The second kappa shape index (κ2) is 15.7. The minimum Gasteiger partial charge on any atom is -0.476 e. The van der Waals surface area contributed by atoms with Crippen molar-refractivity contribution >= 4 is 29.6 Å². The van der Waals surface area contributed by atoms with Crippen molar-refractivity contribution in [1.82, 2.24) is 20.5 Å². The molecular formula is C21H38N4O6S. The standard InChI is InChI=1S/C11H15N3O6S.C10H23N/c15-5-12-3-9(18)14(6-16)2-1-8(17)10-13-7(4-21-10)11(19)20;1-6-9(3)11-8-10(4,5)7-2/h4-5,8,16-17H,1-3,6H2,(H,12,15)(H,19,20);9,11H,6-8H2,1-5H3. The smallest absolute Gasteiger partial charge is 0.355 e. The second-order valence-electron chi connectivity index (χ2n) is 8.19. The number of rotatable bonds is 14. The molecule has 11 heteroatoms. The predicted octanol–water partition coefficient (Wildman–Crippen LogP) is 1.60. The summed E-state index contributed by atoms with van der Waals surface area (Å²) in [6, 6.07) is 0.667. The Balaban J connectivity index is 0.000000739. The van der Waals surface area contributed by atoms with Gasteiger partial charge in [0.1, 0.15) is 17.8 Å². The molecule has 0 aliphatic heterocycles. The molecule has 0 bridgehead atoms. The van der Waals surface area contributed by atoms with Gasteiger partial charge < -0.3 is 30.9 Å². The first-order valence-electron chi connectivity index (χ1n) is 10.7. The minimum absolute atomic E-state index is 0.0407. The molecule has 32 heavy (non-hydrogen) atoms. The van der Waals surface area contributed by atoms with Gasteiger partial charge in [0.15, 0.2) is 5.69 Å². The summed E-state index contributed by atoms with van der Waals surface area (Å²) in [6.07, 6.45) is 1.88. The summed E-state index contributed by atoms with van der Waals surface area (Å²) in [4.78, 5) is 37.1. The summed E-state index contributed by atoms with van der Waals surface area (Å²) in [7, 11) is 0. The number of aromatic carboxylic acids is 1. The zero-order valence-corrected chi connectivity index (χ0v) is 20.4. The van der Waals surface area contributed by atoms with Gasteiger partial charge in [0, 0.05) is 24.5 Å². The normalized spacial score (nSPS) is 12.8. The van der Waals surface area contributed by atoms with Crippen LogP contribution in [0.1, 0.15) is 75.5 Å². The quantitative estimate of drug-likeness (QED) is 0.201. The summed E-state index contributed by atoms with van der Waals surface area (Å²) >= 11 is 1.00. The fraction of sp³-hybridized carbons (Fsp3) is 0.714. The molecule has 0 aliphatic carbocycles. The molecule has 1 aromatic rings. The monoisotopic (exact) mass is 474 g/mol. The van der Waals surface area contributed by atoms with Gasteiger partial charge in [-0.25, -0.2) is 9.78 Å². The molecule has 1 rings (SSSR count). The summed E-state index contributed by atoms with van der Waals surface area (Å²) in [5, 5.41) is 34.9. The maximum absolute atomic E-state index is 11.5. The van der Waals surface area contributed by atoms with E-state index in [2.05, 4.69) is 50.2 Å². The number of carbonyl (C=O) groups excluding carboxylic acids is 2. The molecule has 0 saturated heterocycles. The van der Waals surface area contributed by atoms with Crippen molar-refractivity contribution in [2.75, 3.05) is 26.4 Å². The average Bonchev–Trinajstić information content (AvgIpc) is 3.27. The Hall–Kier alpha value is -2.08. The van der Waals surface area contributed by atoms with Gasteiger partial charge in [-0.2, -0.15) is 0 Å². The van der Waals surface area contributed by atoms with Crippen LogP contribution in [-0.2, 0) is 9.59 Å². The van der Waals surface area contributed by atoms with Gasteiger partial charge in [-0.3, -0.25) is 9.59 Å². The van der Waals surface area contributed by atoms with E-state index in [1.165, 1.54) is 18.2 Å². The van der Waals surface area contributed by atoms with E-state index in [1.807, 2.05) is 0 Å². The molecule has 10 nitrogen and oxygen atoms in total. The molecule has 0 aliphatic rings. The zero-order valence-electron chi connectivity index (χ0n) is 19.6. The van der Waals surface area contributed by atoms with Crippen LogP contribution in [0.15, 0.2) is 5.38 Å². The van der Waals surface area contributed by atoms with E-state index in [4.69, 9.17) is 10.2 Å². The number of nitrogens with one attached hydrogen (secondary N) is 2.